The van der Waals surface area contributed by atoms with Gasteiger partial charge in [-0.3, -0.25) is 0 Å². The van der Waals surface area contributed by atoms with Gasteiger partial charge >= 0.3 is 12.4 Å². The molecule has 1 aromatic heterocycles. The maximum absolute atomic E-state index is 12.7. The second kappa shape index (κ2) is 3.74. The second-order valence-electron chi connectivity index (χ2n) is 3.46. The summed E-state index contributed by atoms with van der Waals surface area (Å²) in [5.41, 5.74) is 1.94. The summed E-state index contributed by atoms with van der Waals surface area (Å²) in [5.74, 6) is 0. The fraction of sp³-hybridized carbons (Fsp3) is 0.222. The number of hydrogen-bond acceptors (Lipinski definition) is 3. The van der Waals surface area contributed by atoms with Gasteiger partial charge in [0.2, 0.25) is 0 Å². The van der Waals surface area contributed by atoms with Crippen molar-refractivity contribution in [2.45, 2.75) is 12.4 Å². The molecule has 2 N–H and O–H groups in total. The molecule has 0 aliphatic heterocycles. The van der Waals surface area contributed by atoms with Crippen LogP contribution in [0.25, 0.3) is 10.9 Å². The fourth-order valence-corrected chi connectivity index (χ4v) is 2.08. The van der Waals surface area contributed by atoms with E-state index in [-0.39, 0.29) is 16.5 Å². The number of hydrogen-bond donors (Lipinski definition) is 1. The predicted molar refractivity (Wildman–Crippen MR) is 54.0 cm³/mol. The second-order valence-corrected chi connectivity index (χ2v) is 4.27. The molecular formula is C9H4F6N2S. The highest BCUT2D eigenvalue weighted by Crippen LogP contribution is 2.41. The van der Waals surface area contributed by atoms with E-state index in [0.29, 0.717) is 17.6 Å². The third-order valence-electron chi connectivity index (χ3n) is 2.24. The molecular weight excluding hydrogens is 282 g/mol. The Hall–Kier alpha value is -1.51. The number of nitrogen functional groups attached to an aromatic ring is 1. The van der Waals surface area contributed by atoms with Gasteiger partial charge in [-0.25, -0.2) is 0 Å². The number of anilines is 1. The first-order valence-corrected chi connectivity index (χ1v) is 5.21. The maximum atomic E-state index is 12.7. The zero-order chi connectivity index (χ0) is 13.7. The minimum atomic E-state index is -4.92. The molecule has 1 heterocycles. The Morgan fingerprint density at radius 2 is 1.61 bits per heavy atom. The van der Waals surface area contributed by atoms with Crippen molar-refractivity contribution in [2.24, 2.45) is 0 Å². The number of fused-ring (bicyclic) bond motifs is 1. The van der Waals surface area contributed by atoms with Crippen molar-refractivity contribution >= 4 is 27.4 Å². The predicted octanol–water partition coefficient (Wildman–Crippen LogP) is 3.92. The number of rotatable bonds is 0. The van der Waals surface area contributed by atoms with E-state index in [1.807, 2.05) is 0 Å². The average molecular weight is 286 g/mol. The van der Waals surface area contributed by atoms with Crippen molar-refractivity contribution in [1.82, 2.24) is 4.37 Å². The van der Waals surface area contributed by atoms with Crippen LogP contribution in [0.5, 0.6) is 0 Å². The van der Waals surface area contributed by atoms with Crippen LogP contribution in [0.2, 0.25) is 0 Å². The average Bonchev–Trinajstić information content (AvgIpc) is 2.56. The SMILES string of the molecule is Nc1snc2c(C(F)(F)F)cc(C(F)(F)F)cc12. The van der Waals surface area contributed by atoms with Crippen LogP contribution in [-0.2, 0) is 12.4 Å². The molecule has 0 saturated heterocycles. The Balaban J connectivity index is 2.83. The molecule has 0 spiro atoms. The Morgan fingerprint density at radius 1 is 1.00 bits per heavy atom. The largest absolute Gasteiger partial charge is 0.418 e. The summed E-state index contributed by atoms with van der Waals surface area (Å²) in [6, 6.07) is 0.616. The van der Waals surface area contributed by atoms with E-state index in [0.717, 1.165) is 0 Å². The highest BCUT2D eigenvalue weighted by molar-refractivity contribution is 7.11. The van der Waals surface area contributed by atoms with Crippen molar-refractivity contribution in [3.63, 3.8) is 0 Å². The van der Waals surface area contributed by atoms with Gasteiger partial charge in [0.05, 0.1) is 16.6 Å². The van der Waals surface area contributed by atoms with Crippen LogP contribution in [-0.4, -0.2) is 4.37 Å². The van der Waals surface area contributed by atoms with Crippen molar-refractivity contribution in [3.8, 4) is 0 Å². The first-order valence-electron chi connectivity index (χ1n) is 4.44. The molecule has 2 rings (SSSR count). The molecule has 0 fully saturated rings. The van der Waals surface area contributed by atoms with Gasteiger partial charge in [0.25, 0.3) is 0 Å². The smallest absolute Gasteiger partial charge is 0.389 e. The minimum Gasteiger partial charge on any atom is -0.389 e. The van der Waals surface area contributed by atoms with Crippen molar-refractivity contribution in [3.05, 3.63) is 23.3 Å². The van der Waals surface area contributed by atoms with E-state index in [4.69, 9.17) is 5.73 Å². The van der Waals surface area contributed by atoms with Crippen molar-refractivity contribution in [2.75, 3.05) is 5.73 Å². The summed E-state index contributed by atoms with van der Waals surface area (Å²) in [4.78, 5) is 0. The monoisotopic (exact) mass is 286 g/mol. The number of aromatic nitrogens is 1. The third-order valence-corrected chi connectivity index (χ3v) is 2.93. The van der Waals surface area contributed by atoms with Crippen LogP contribution >= 0.6 is 11.5 Å². The molecule has 0 aliphatic carbocycles. The summed E-state index contributed by atoms with van der Waals surface area (Å²) in [6.07, 6.45) is -9.79. The summed E-state index contributed by atoms with van der Waals surface area (Å²) in [5, 5.41) is -0.510. The van der Waals surface area contributed by atoms with Gasteiger partial charge in [0, 0.05) is 5.39 Å². The van der Waals surface area contributed by atoms with Gasteiger partial charge in [-0.15, -0.1) is 0 Å². The quantitative estimate of drug-likeness (QED) is 0.746. The Kier molecular flexibility index (Phi) is 2.69. The van der Waals surface area contributed by atoms with Crippen LogP contribution < -0.4 is 5.73 Å². The lowest BCUT2D eigenvalue weighted by atomic mass is 10.1. The van der Waals surface area contributed by atoms with Gasteiger partial charge in [0.1, 0.15) is 5.00 Å². The number of alkyl halides is 6. The number of halogens is 6. The standard InChI is InChI=1S/C9H4F6N2S/c10-8(11,12)3-1-4-6(17-18-7(4)16)5(2-3)9(13,14)15/h1-2H,16H2. The van der Waals surface area contributed by atoms with Gasteiger partial charge in [-0.1, -0.05) is 0 Å². The molecule has 2 aromatic rings. The van der Waals surface area contributed by atoms with E-state index >= 15 is 0 Å². The molecule has 9 heteroatoms. The number of nitrogens with zero attached hydrogens (tertiary/aromatic N) is 1. The third kappa shape index (κ3) is 2.09. The van der Waals surface area contributed by atoms with Gasteiger partial charge < -0.3 is 5.73 Å². The number of nitrogens with two attached hydrogens (primary N) is 1. The van der Waals surface area contributed by atoms with E-state index in [1.54, 1.807) is 0 Å². The molecule has 98 valence electrons. The van der Waals surface area contributed by atoms with Crippen LogP contribution in [0.15, 0.2) is 12.1 Å². The van der Waals surface area contributed by atoms with Crippen LogP contribution in [0, 0.1) is 0 Å². The van der Waals surface area contributed by atoms with Crippen molar-refractivity contribution in [1.29, 1.82) is 0 Å². The Morgan fingerprint density at radius 3 is 2.11 bits per heavy atom. The molecule has 0 unspecified atom stereocenters. The van der Waals surface area contributed by atoms with Gasteiger partial charge in [-0.05, 0) is 23.7 Å². The van der Waals surface area contributed by atoms with Crippen LogP contribution in [0.1, 0.15) is 11.1 Å². The summed E-state index contributed by atoms with van der Waals surface area (Å²) < 4.78 is 78.9. The van der Waals surface area contributed by atoms with E-state index in [9.17, 15) is 26.3 Å². The molecule has 0 aliphatic rings. The molecule has 0 saturated carbocycles. The molecule has 0 radical (unpaired) electrons. The lowest BCUT2D eigenvalue weighted by Gasteiger charge is -2.12. The molecule has 0 bridgehead atoms. The highest BCUT2D eigenvalue weighted by Gasteiger charge is 2.39. The fourth-order valence-electron chi connectivity index (χ4n) is 1.44. The lowest BCUT2D eigenvalue weighted by Crippen LogP contribution is -2.11. The normalized spacial score (nSPS) is 13.2. The summed E-state index contributed by atoms with van der Waals surface area (Å²) >= 11 is 0.528. The van der Waals surface area contributed by atoms with Crippen LogP contribution in [0.3, 0.4) is 0 Å². The number of benzene rings is 1. The molecule has 0 atom stereocenters. The van der Waals surface area contributed by atoms with E-state index < -0.39 is 29.0 Å². The van der Waals surface area contributed by atoms with Gasteiger partial charge in [-0.2, -0.15) is 30.7 Å². The van der Waals surface area contributed by atoms with Gasteiger partial charge in [0.15, 0.2) is 0 Å². The first kappa shape index (κ1) is 12.9. The van der Waals surface area contributed by atoms with E-state index in [1.165, 1.54) is 0 Å². The van der Waals surface area contributed by atoms with Crippen molar-refractivity contribution < 1.29 is 26.3 Å². The molecule has 2 nitrogen and oxygen atoms in total. The Bertz CT molecular complexity index is 597. The minimum absolute atomic E-state index is 0.0431. The maximum Gasteiger partial charge on any atom is 0.418 e. The molecule has 18 heavy (non-hydrogen) atoms. The molecule has 0 amide bonds. The van der Waals surface area contributed by atoms with E-state index in [2.05, 4.69) is 4.37 Å². The zero-order valence-corrected chi connectivity index (χ0v) is 9.17. The molecule has 1 aromatic carbocycles. The zero-order valence-electron chi connectivity index (χ0n) is 8.36. The highest BCUT2D eigenvalue weighted by atomic mass is 32.1. The first-order chi connectivity index (χ1) is 8.10. The lowest BCUT2D eigenvalue weighted by molar-refractivity contribution is -0.142. The van der Waals surface area contributed by atoms with Crippen LogP contribution in [0.4, 0.5) is 31.3 Å². The topological polar surface area (TPSA) is 38.9 Å². The summed E-state index contributed by atoms with van der Waals surface area (Å²) in [7, 11) is 0. The summed E-state index contributed by atoms with van der Waals surface area (Å²) in [6.45, 7) is 0. The Labute approximate surface area is 100 Å².